The predicted molar refractivity (Wildman–Crippen MR) is 100 cm³/mol. The number of carbonyl (C=O) groups is 2. The molecule has 0 saturated carbocycles. The maximum absolute atomic E-state index is 11.8. The average molecular weight is 360 g/mol. The van der Waals surface area contributed by atoms with Gasteiger partial charge < -0.3 is 25.3 Å². The van der Waals surface area contributed by atoms with Crippen LogP contribution in [-0.4, -0.2) is 38.4 Å². The fourth-order valence-corrected chi connectivity index (χ4v) is 1.85. The Morgan fingerprint density at radius 3 is 2.46 bits per heavy atom. The number of benzene rings is 1. The summed E-state index contributed by atoms with van der Waals surface area (Å²) in [4.78, 5) is 22.2. The van der Waals surface area contributed by atoms with Crippen molar-refractivity contribution in [2.24, 2.45) is 5.73 Å². The number of primary amides is 1. The van der Waals surface area contributed by atoms with Gasteiger partial charge in [0.25, 0.3) is 0 Å². The second kappa shape index (κ2) is 12.2. The molecule has 140 valence electrons. The van der Waals surface area contributed by atoms with Crippen LogP contribution in [0.25, 0.3) is 6.08 Å². The molecule has 26 heavy (non-hydrogen) atoms. The molecule has 0 aromatic heterocycles. The van der Waals surface area contributed by atoms with Gasteiger partial charge in [-0.15, -0.1) is 0 Å². The van der Waals surface area contributed by atoms with Crippen molar-refractivity contribution in [3.05, 3.63) is 55.1 Å². The van der Waals surface area contributed by atoms with Crippen LogP contribution < -0.4 is 20.5 Å². The molecule has 0 saturated heterocycles. The lowest BCUT2D eigenvalue weighted by Gasteiger charge is -2.11. The van der Waals surface area contributed by atoms with Crippen molar-refractivity contribution in [1.29, 1.82) is 0 Å². The molecule has 0 fully saturated rings. The third-order valence-electron chi connectivity index (χ3n) is 2.97. The maximum atomic E-state index is 11.8. The largest absolute Gasteiger partial charge is 0.486 e. The minimum absolute atomic E-state index is 0.162. The van der Waals surface area contributed by atoms with E-state index in [2.05, 4.69) is 23.2 Å². The summed E-state index contributed by atoms with van der Waals surface area (Å²) >= 11 is 0. The van der Waals surface area contributed by atoms with Crippen LogP contribution in [0, 0.1) is 0 Å². The Balaban J connectivity index is 2.59. The van der Waals surface area contributed by atoms with Gasteiger partial charge in [0, 0.05) is 12.6 Å². The molecule has 0 bridgehead atoms. The highest BCUT2D eigenvalue weighted by Gasteiger charge is 2.05. The standard InChI is InChI=1S/C19H24N2O5/c1-3-11-24-16-8-6-15(14-17(16)25-12-4-2)7-9-18(22)21-10-5-13-26-19(20)23/h3-4,6-9,14H,1-2,5,10-13H2,(H2,20,23)(H,21,22). The van der Waals surface area contributed by atoms with Gasteiger partial charge >= 0.3 is 6.09 Å². The lowest BCUT2D eigenvalue weighted by Crippen LogP contribution is -2.24. The molecule has 2 amide bonds. The van der Waals surface area contributed by atoms with E-state index in [-0.39, 0.29) is 12.5 Å². The SMILES string of the molecule is C=CCOc1ccc(C=CC(=O)NCCCOC(N)=O)cc1OCC=C. The van der Waals surface area contributed by atoms with Gasteiger partial charge in [-0.2, -0.15) is 0 Å². The van der Waals surface area contributed by atoms with E-state index in [1.165, 1.54) is 6.08 Å². The summed E-state index contributed by atoms with van der Waals surface area (Å²) in [6.45, 7) is 8.46. The molecule has 0 unspecified atom stereocenters. The molecule has 0 aliphatic carbocycles. The van der Waals surface area contributed by atoms with E-state index in [1.54, 1.807) is 30.4 Å². The number of carbonyl (C=O) groups excluding carboxylic acids is 2. The van der Waals surface area contributed by atoms with E-state index in [4.69, 9.17) is 15.2 Å². The van der Waals surface area contributed by atoms with Crippen LogP contribution in [0.4, 0.5) is 4.79 Å². The van der Waals surface area contributed by atoms with E-state index in [0.29, 0.717) is 37.7 Å². The number of hydrogen-bond acceptors (Lipinski definition) is 5. The van der Waals surface area contributed by atoms with Gasteiger partial charge in [0.1, 0.15) is 13.2 Å². The highest BCUT2D eigenvalue weighted by atomic mass is 16.5. The number of amides is 2. The topological polar surface area (TPSA) is 99.9 Å². The van der Waals surface area contributed by atoms with Crippen molar-refractivity contribution in [2.75, 3.05) is 26.4 Å². The molecule has 3 N–H and O–H groups in total. The molecule has 1 aromatic carbocycles. The summed E-state index contributed by atoms with van der Waals surface area (Å²) in [5, 5.41) is 2.68. The van der Waals surface area contributed by atoms with Crippen LogP contribution in [0.5, 0.6) is 11.5 Å². The van der Waals surface area contributed by atoms with E-state index in [0.717, 1.165) is 5.56 Å². The molecule has 0 aliphatic heterocycles. The number of hydrogen-bond donors (Lipinski definition) is 2. The summed E-state index contributed by atoms with van der Waals surface area (Å²) in [7, 11) is 0. The van der Waals surface area contributed by atoms with E-state index < -0.39 is 6.09 Å². The molecule has 0 heterocycles. The first-order valence-corrected chi connectivity index (χ1v) is 8.06. The van der Waals surface area contributed by atoms with Crippen LogP contribution in [0.1, 0.15) is 12.0 Å². The van der Waals surface area contributed by atoms with Crippen molar-refractivity contribution < 1.29 is 23.8 Å². The first-order valence-electron chi connectivity index (χ1n) is 8.06. The Morgan fingerprint density at radius 1 is 1.12 bits per heavy atom. The van der Waals surface area contributed by atoms with Gasteiger partial charge in [0.2, 0.25) is 5.91 Å². The van der Waals surface area contributed by atoms with Crippen molar-refractivity contribution in [1.82, 2.24) is 5.32 Å². The first kappa shape index (κ1) is 20.8. The summed E-state index contributed by atoms with van der Waals surface area (Å²) < 4.78 is 15.7. The van der Waals surface area contributed by atoms with Crippen molar-refractivity contribution >= 4 is 18.1 Å². The van der Waals surface area contributed by atoms with Crippen LogP contribution in [0.3, 0.4) is 0 Å². The molecule has 1 rings (SSSR count). The molecule has 0 spiro atoms. The summed E-state index contributed by atoms with van der Waals surface area (Å²) in [5.74, 6) is 0.880. The zero-order valence-corrected chi connectivity index (χ0v) is 14.6. The van der Waals surface area contributed by atoms with Crippen LogP contribution in [0.15, 0.2) is 49.6 Å². The van der Waals surface area contributed by atoms with Crippen LogP contribution >= 0.6 is 0 Å². The quantitative estimate of drug-likeness (QED) is 0.339. The molecular formula is C19H24N2O5. The Kier molecular flexibility index (Phi) is 9.76. The molecule has 7 heteroatoms. The fraction of sp³-hybridized carbons (Fsp3) is 0.263. The molecule has 0 aliphatic rings. The van der Waals surface area contributed by atoms with Gasteiger partial charge in [-0.25, -0.2) is 4.79 Å². The number of nitrogens with two attached hydrogens (primary N) is 1. The van der Waals surface area contributed by atoms with E-state index >= 15 is 0 Å². The van der Waals surface area contributed by atoms with E-state index in [1.807, 2.05) is 6.07 Å². The van der Waals surface area contributed by atoms with Gasteiger partial charge in [-0.1, -0.05) is 31.4 Å². The predicted octanol–water partition coefficient (Wildman–Crippen LogP) is 2.43. The Morgan fingerprint density at radius 2 is 1.81 bits per heavy atom. The highest BCUT2D eigenvalue weighted by molar-refractivity contribution is 5.91. The van der Waals surface area contributed by atoms with Gasteiger partial charge in [0.15, 0.2) is 11.5 Å². The maximum Gasteiger partial charge on any atom is 0.404 e. The summed E-state index contributed by atoms with van der Waals surface area (Å²) in [6, 6.07) is 5.34. The number of nitrogens with one attached hydrogen (secondary N) is 1. The summed E-state index contributed by atoms with van der Waals surface area (Å²) in [5.41, 5.74) is 5.62. The molecule has 7 nitrogen and oxygen atoms in total. The molecule has 0 atom stereocenters. The monoisotopic (exact) mass is 360 g/mol. The smallest absolute Gasteiger partial charge is 0.404 e. The Bertz CT molecular complexity index is 655. The lowest BCUT2D eigenvalue weighted by atomic mass is 10.2. The van der Waals surface area contributed by atoms with Gasteiger partial charge in [-0.05, 0) is 30.2 Å². The van der Waals surface area contributed by atoms with Gasteiger partial charge in [-0.3, -0.25) is 4.79 Å². The number of rotatable bonds is 12. The zero-order valence-electron chi connectivity index (χ0n) is 14.6. The third-order valence-corrected chi connectivity index (χ3v) is 2.97. The van der Waals surface area contributed by atoms with E-state index in [9.17, 15) is 9.59 Å². The zero-order chi connectivity index (χ0) is 19.2. The summed E-state index contributed by atoms with van der Waals surface area (Å²) in [6.07, 6.45) is 6.00. The molecule has 1 aromatic rings. The van der Waals surface area contributed by atoms with Crippen molar-refractivity contribution in [3.8, 4) is 11.5 Å². The van der Waals surface area contributed by atoms with Crippen LogP contribution in [0.2, 0.25) is 0 Å². The Labute approximate surface area is 153 Å². The van der Waals surface area contributed by atoms with Crippen molar-refractivity contribution in [3.63, 3.8) is 0 Å². The minimum Gasteiger partial charge on any atom is -0.486 e. The third kappa shape index (κ3) is 8.58. The molecule has 0 radical (unpaired) electrons. The van der Waals surface area contributed by atoms with Crippen molar-refractivity contribution in [2.45, 2.75) is 6.42 Å². The normalized spacial score (nSPS) is 10.2. The second-order valence-corrected chi connectivity index (χ2v) is 5.05. The fourth-order valence-electron chi connectivity index (χ4n) is 1.85. The first-order chi connectivity index (χ1) is 12.6. The highest BCUT2D eigenvalue weighted by Crippen LogP contribution is 2.29. The average Bonchev–Trinajstić information content (AvgIpc) is 2.63. The van der Waals surface area contributed by atoms with Crippen LogP contribution in [-0.2, 0) is 9.53 Å². The molecular weight excluding hydrogens is 336 g/mol. The Hall–Kier alpha value is -3.22. The second-order valence-electron chi connectivity index (χ2n) is 5.05. The number of ether oxygens (including phenoxy) is 3. The van der Waals surface area contributed by atoms with Gasteiger partial charge in [0.05, 0.1) is 6.61 Å². The lowest BCUT2D eigenvalue weighted by molar-refractivity contribution is -0.116. The minimum atomic E-state index is -0.828.